The summed E-state index contributed by atoms with van der Waals surface area (Å²) in [5.41, 5.74) is 8.41. The molecule has 0 radical (unpaired) electrons. The lowest BCUT2D eigenvalue weighted by molar-refractivity contribution is 0.845. The Balaban J connectivity index is 1.33. The molecule has 0 N–H and O–H groups in total. The van der Waals surface area contributed by atoms with E-state index in [2.05, 4.69) is 131 Å². The van der Waals surface area contributed by atoms with Crippen LogP contribution in [-0.4, -0.2) is 35.5 Å². The first-order valence-electron chi connectivity index (χ1n) is 15.2. The fourth-order valence-electron chi connectivity index (χ4n) is 6.13. The number of aromatic nitrogens is 2. The van der Waals surface area contributed by atoms with Crippen LogP contribution in [0.4, 0.5) is 0 Å². The summed E-state index contributed by atoms with van der Waals surface area (Å²) >= 11 is 0. The summed E-state index contributed by atoms with van der Waals surface area (Å²) in [6.45, 7) is 1.56. The highest BCUT2D eigenvalue weighted by atomic mass is 14.9. The molecule has 1 unspecified atom stereocenters. The highest BCUT2D eigenvalue weighted by molar-refractivity contribution is 6.10. The topological polar surface area (TPSA) is 50.5 Å². The minimum atomic E-state index is 0.198. The molecule has 4 nitrogen and oxygen atoms in total. The lowest BCUT2D eigenvalue weighted by Gasteiger charge is -2.18. The van der Waals surface area contributed by atoms with Gasteiger partial charge in [0, 0.05) is 48.1 Å². The second-order valence-corrected chi connectivity index (χ2v) is 11.4. The summed E-state index contributed by atoms with van der Waals surface area (Å²) in [7, 11) is 0. The Labute approximate surface area is 256 Å². The zero-order valence-electron chi connectivity index (χ0n) is 24.3. The van der Waals surface area contributed by atoms with Crippen molar-refractivity contribution in [1.82, 2.24) is 9.97 Å². The van der Waals surface area contributed by atoms with Crippen LogP contribution in [0, 0.1) is 0 Å². The minimum absolute atomic E-state index is 0.198. The molecule has 2 aliphatic rings. The average Bonchev–Trinajstić information content (AvgIpc) is 3.11. The van der Waals surface area contributed by atoms with Gasteiger partial charge in [0.15, 0.2) is 5.82 Å². The summed E-state index contributed by atoms with van der Waals surface area (Å²) in [6, 6.07) is 38.9. The van der Waals surface area contributed by atoms with Crippen LogP contribution >= 0.6 is 0 Å². The third-order valence-corrected chi connectivity index (χ3v) is 8.48. The first kappa shape index (κ1) is 26.2. The highest BCUT2D eigenvalue weighted by Gasteiger charge is 2.17. The van der Waals surface area contributed by atoms with Gasteiger partial charge in [0.1, 0.15) is 0 Å². The molecule has 1 atom stereocenters. The van der Waals surface area contributed by atoms with Crippen LogP contribution < -0.4 is 0 Å². The summed E-state index contributed by atoms with van der Waals surface area (Å²) < 4.78 is 0. The molecule has 1 aromatic heterocycles. The van der Waals surface area contributed by atoms with Gasteiger partial charge in [-0.1, -0.05) is 91.0 Å². The van der Waals surface area contributed by atoms with E-state index in [1.54, 1.807) is 0 Å². The zero-order valence-corrected chi connectivity index (χ0v) is 24.3. The van der Waals surface area contributed by atoms with Gasteiger partial charge in [-0.3, -0.25) is 9.98 Å². The van der Waals surface area contributed by atoms with E-state index in [4.69, 9.17) is 9.97 Å². The molecule has 4 heteroatoms. The number of benzene rings is 5. The van der Waals surface area contributed by atoms with E-state index in [0.29, 0.717) is 5.82 Å². The van der Waals surface area contributed by atoms with Gasteiger partial charge in [-0.2, -0.15) is 0 Å². The molecule has 0 aliphatic carbocycles. The SMILES string of the molecule is C1=CC(c2cc(C3=CCCN=C3)cc(-c3nc(-c4ccc5ccccc5c4)cc(-c4ccc5ccccc5c4)n3)c2)CN=C1. The number of nitrogens with zero attached hydrogens (tertiary/aromatic N) is 4. The second-order valence-electron chi connectivity index (χ2n) is 11.4. The molecule has 0 fully saturated rings. The Morgan fingerprint density at radius 2 is 1.23 bits per heavy atom. The highest BCUT2D eigenvalue weighted by Crippen LogP contribution is 2.34. The fourth-order valence-corrected chi connectivity index (χ4v) is 6.13. The average molecular weight is 567 g/mol. The van der Waals surface area contributed by atoms with E-state index in [0.717, 1.165) is 58.7 Å². The van der Waals surface area contributed by atoms with E-state index in [1.165, 1.54) is 27.1 Å². The molecule has 8 rings (SSSR count). The van der Waals surface area contributed by atoms with Crippen molar-refractivity contribution >= 4 is 39.5 Å². The number of rotatable bonds is 5. The van der Waals surface area contributed by atoms with Crippen molar-refractivity contribution < 1.29 is 0 Å². The standard InChI is InChI=1S/C40H30N4/c1-3-9-29-19-31(15-13-27(29)7-1)38-24-39(32-16-14-28-8-2-4-10-30(28)20-32)44-40(43-38)37-22-35(33-11-5-17-41-25-33)21-36(23-37)34-12-6-18-42-26-34/h1-5,7-17,19-24,26,33H,6,18,25H2. The van der Waals surface area contributed by atoms with Crippen molar-refractivity contribution in [2.45, 2.75) is 12.3 Å². The molecular formula is C40H30N4. The zero-order chi connectivity index (χ0) is 29.3. The van der Waals surface area contributed by atoms with Crippen molar-refractivity contribution in [3.63, 3.8) is 0 Å². The van der Waals surface area contributed by atoms with Crippen molar-refractivity contribution in [3.05, 3.63) is 139 Å². The summed E-state index contributed by atoms with van der Waals surface area (Å²) in [4.78, 5) is 19.6. The van der Waals surface area contributed by atoms with E-state index < -0.39 is 0 Å². The molecule has 0 saturated carbocycles. The predicted octanol–water partition coefficient (Wildman–Crippen LogP) is 9.37. The van der Waals surface area contributed by atoms with Gasteiger partial charge < -0.3 is 0 Å². The lowest BCUT2D eigenvalue weighted by Crippen LogP contribution is -2.06. The molecule has 0 amide bonds. The van der Waals surface area contributed by atoms with Gasteiger partial charge in [0.25, 0.3) is 0 Å². The molecule has 0 spiro atoms. The van der Waals surface area contributed by atoms with Crippen molar-refractivity contribution in [3.8, 4) is 33.9 Å². The van der Waals surface area contributed by atoms with Gasteiger partial charge in [-0.25, -0.2) is 9.97 Å². The van der Waals surface area contributed by atoms with Gasteiger partial charge in [-0.15, -0.1) is 0 Å². The Morgan fingerprint density at radius 3 is 1.84 bits per heavy atom. The van der Waals surface area contributed by atoms with Crippen LogP contribution in [0.3, 0.4) is 0 Å². The molecule has 0 bridgehead atoms. The van der Waals surface area contributed by atoms with Gasteiger partial charge in [0.05, 0.1) is 11.4 Å². The van der Waals surface area contributed by atoms with Gasteiger partial charge in [-0.05, 0) is 81.1 Å². The van der Waals surface area contributed by atoms with Gasteiger partial charge >= 0.3 is 0 Å². The molecule has 210 valence electrons. The second kappa shape index (κ2) is 11.3. The number of fused-ring (bicyclic) bond motifs is 2. The maximum absolute atomic E-state index is 5.23. The summed E-state index contributed by atoms with van der Waals surface area (Å²) in [6.07, 6.45) is 11.4. The Kier molecular flexibility index (Phi) is 6.73. The van der Waals surface area contributed by atoms with Crippen LogP contribution in [0.15, 0.2) is 137 Å². The third kappa shape index (κ3) is 5.16. The van der Waals surface area contributed by atoms with Crippen molar-refractivity contribution in [1.29, 1.82) is 0 Å². The number of hydrogen-bond donors (Lipinski definition) is 0. The Hall–Kier alpha value is -5.48. The predicted molar refractivity (Wildman–Crippen MR) is 185 cm³/mol. The van der Waals surface area contributed by atoms with Gasteiger partial charge in [0.2, 0.25) is 0 Å². The van der Waals surface area contributed by atoms with Crippen LogP contribution in [0.5, 0.6) is 0 Å². The van der Waals surface area contributed by atoms with E-state index >= 15 is 0 Å². The van der Waals surface area contributed by atoms with Crippen LogP contribution in [0.1, 0.15) is 23.5 Å². The minimum Gasteiger partial charge on any atom is -0.292 e. The lowest BCUT2D eigenvalue weighted by atomic mass is 9.91. The smallest absolute Gasteiger partial charge is 0.160 e. The molecule has 0 saturated heterocycles. The van der Waals surface area contributed by atoms with Crippen molar-refractivity contribution in [2.75, 3.05) is 13.1 Å². The van der Waals surface area contributed by atoms with E-state index in [-0.39, 0.29) is 5.92 Å². The maximum Gasteiger partial charge on any atom is 0.160 e. The molecule has 3 heterocycles. The number of aliphatic imine (C=N–C) groups is 2. The normalized spacial score (nSPS) is 16.0. The summed E-state index contributed by atoms with van der Waals surface area (Å²) in [5.74, 6) is 0.905. The van der Waals surface area contributed by atoms with Crippen LogP contribution in [0.25, 0.3) is 61.0 Å². The first-order valence-corrected chi connectivity index (χ1v) is 15.2. The number of dihydropyridines is 2. The summed E-state index contributed by atoms with van der Waals surface area (Å²) in [5, 5.41) is 4.80. The largest absolute Gasteiger partial charge is 0.292 e. The quantitative estimate of drug-likeness (QED) is 0.209. The molecule has 2 aliphatic heterocycles. The molecule has 44 heavy (non-hydrogen) atoms. The van der Waals surface area contributed by atoms with E-state index in [1.807, 2.05) is 18.5 Å². The third-order valence-electron chi connectivity index (χ3n) is 8.48. The molecular weight excluding hydrogens is 536 g/mol. The van der Waals surface area contributed by atoms with E-state index in [9.17, 15) is 0 Å². The molecule has 5 aromatic carbocycles. The fraction of sp³-hybridized carbons (Fsp3) is 0.100. The van der Waals surface area contributed by atoms with Crippen LogP contribution in [0.2, 0.25) is 0 Å². The first-order chi connectivity index (χ1) is 21.8. The number of hydrogen-bond acceptors (Lipinski definition) is 4. The van der Waals surface area contributed by atoms with Crippen LogP contribution in [-0.2, 0) is 0 Å². The van der Waals surface area contributed by atoms with Crippen molar-refractivity contribution in [2.24, 2.45) is 9.98 Å². The molecule has 6 aromatic rings. The Morgan fingerprint density at radius 1 is 0.568 bits per heavy atom. The Bertz CT molecular complexity index is 2070. The number of allylic oxidation sites excluding steroid dienone is 2. The monoisotopic (exact) mass is 566 g/mol. The maximum atomic E-state index is 5.23.